The molecule has 8 nitrogen and oxygen atoms in total. The summed E-state index contributed by atoms with van der Waals surface area (Å²) < 4.78 is 8.89. The maximum absolute atomic E-state index is 12.9. The number of nitrogens with one attached hydrogen (secondary N) is 3. The van der Waals surface area contributed by atoms with Crippen molar-refractivity contribution in [2.24, 2.45) is 0 Å². The molecule has 3 amide bonds. The number of hydrogen-bond donors (Lipinski definition) is 3. The quantitative estimate of drug-likeness (QED) is 0.0482. The van der Waals surface area contributed by atoms with Gasteiger partial charge in [-0.15, -0.1) is 0 Å². The van der Waals surface area contributed by atoms with E-state index in [1.165, 1.54) is 109 Å². The molecule has 268 valence electrons. The first-order chi connectivity index (χ1) is 22.0. The van der Waals surface area contributed by atoms with E-state index in [9.17, 15) is 9.59 Å². The molecular weight excluding hydrogens is 582 g/mol. The molecule has 0 aliphatic heterocycles. The van der Waals surface area contributed by atoms with Gasteiger partial charge in [-0.25, -0.2) is 9.59 Å². The number of amides is 3. The topological polar surface area (TPSA) is 85.9 Å². The largest absolute Gasteiger partial charge is 0.448 e. The Balaban J connectivity index is 4.13. The van der Waals surface area contributed by atoms with Gasteiger partial charge >= 0.3 is 12.1 Å². The Hall–Kier alpha value is -1.19. The standard InChI is InChI=1S/C36H75N5O3S/c1-6-9-11-13-15-17-19-21-23-25-30-41(29-24-22-20-18-16-14-12-10-7-2)36(43)44-32-27-39-45-33-28-38-35(42)37-26-31-40(8-3)34(4)5/h34,39H,6-33H2,1-5H3,(H2,37,38,42). The number of carbonyl (C=O) groups excluding carboxylic acids is 2. The predicted octanol–water partition coefficient (Wildman–Crippen LogP) is 9.14. The van der Waals surface area contributed by atoms with Crippen LogP contribution in [-0.2, 0) is 4.74 Å². The van der Waals surface area contributed by atoms with Crippen LogP contribution >= 0.6 is 11.9 Å². The summed E-state index contributed by atoms with van der Waals surface area (Å²) in [4.78, 5) is 29.2. The molecule has 0 heterocycles. The average Bonchev–Trinajstić information content (AvgIpc) is 3.03. The van der Waals surface area contributed by atoms with Gasteiger partial charge in [0.2, 0.25) is 0 Å². The van der Waals surface area contributed by atoms with Crippen LogP contribution in [0.2, 0.25) is 0 Å². The number of urea groups is 1. The van der Waals surface area contributed by atoms with Crippen LogP contribution in [0.3, 0.4) is 0 Å². The third-order valence-corrected chi connectivity index (χ3v) is 9.23. The summed E-state index contributed by atoms with van der Waals surface area (Å²) in [5.41, 5.74) is 0. The van der Waals surface area contributed by atoms with Gasteiger partial charge in [-0.3, -0.25) is 9.62 Å². The number of nitrogens with zero attached hydrogens (tertiary/aromatic N) is 2. The van der Waals surface area contributed by atoms with Gasteiger partial charge in [0.25, 0.3) is 0 Å². The fourth-order valence-electron chi connectivity index (χ4n) is 5.49. The van der Waals surface area contributed by atoms with E-state index in [2.05, 4.69) is 54.9 Å². The number of rotatable bonds is 33. The van der Waals surface area contributed by atoms with Crippen molar-refractivity contribution in [2.75, 3.05) is 58.2 Å². The minimum Gasteiger partial charge on any atom is -0.448 e. The van der Waals surface area contributed by atoms with Crippen molar-refractivity contribution in [2.45, 2.75) is 163 Å². The van der Waals surface area contributed by atoms with E-state index in [1.54, 1.807) is 11.9 Å². The first-order valence-corrected chi connectivity index (χ1v) is 20.0. The second kappa shape index (κ2) is 34.2. The predicted molar refractivity (Wildman–Crippen MR) is 196 cm³/mol. The lowest BCUT2D eigenvalue weighted by atomic mass is 10.1. The van der Waals surface area contributed by atoms with E-state index >= 15 is 0 Å². The molecule has 0 aliphatic rings. The third kappa shape index (κ3) is 29.9. The molecule has 0 saturated heterocycles. The van der Waals surface area contributed by atoms with Gasteiger partial charge in [0.15, 0.2) is 0 Å². The van der Waals surface area contributed by atoms with Crippen LogP contribution in [0, 0.1) is 0 Å². The van der Waals surface area contributed by atoms with Crippen LogP contribution in [0.1, 0.15) is 157 Å². The highest BCUT2D eigenvalue weighted by molar-refractivity contribution is 7.97. The highest BCUT2D eigenvalue weighted by Crippen LogP contribution is 2.13. The minimum absolute atomic E-state index is 0.126. The molecule has 0 saturated carbocycles. The minimum atomic E-state index is -0.172. The number of unbranched alkanes of at least 4 members (excludes halogenated alkanes) is 17. The highest BCUT2D eigenvalue weighted by Gasteiger charge is 2.14. The van der Waals surface area contributed by atoms with Crippen LogP contribution in [-0.4, -0.2) is 86.1 Å². The van der Waals surface area contributed by atoms with Crippen LogP contribution in [0.5, 0.6) is 0 Å². The zero-order valence-corrected chi connectivity index (χ0v) is 31.2. The highest BCUT2D eigenvalue weighted by atomic mass is 32.2. The molecular formula is C36H75N5O3S. The molecule has 0 unspecified atom stereocenters. The SMILES string of the molecule is CCCCCCCCCCCCN(CCCCCCCCCCC)C(=O)OCCNSCCNC(=O)NCCN(CC)C(C)C. The van der Waals surface area contributed by atoms with Crippen molar-refractivity contribution < 1.29 is 14.3 Å². The van der Waals surface area contributed by atoms with Gasteiger partial charge in [0.1, 0.15) is 6.61 Å². The van der Waals surface area contributed by atoms with Gasteiger partial charge in [-0.05, 0) is 33.2 Å². The molecule has 0 aromatic rings. The Morgan fingerprint density at radius 3 is 1.56 bits per heavy atom. The summed E-state index contributed by atoms with van der Waals surface area (Å²) >= 11 is 1.54. The van der Waals surface area contributed by atoms with E-state index in [0.29, 0.717) is 32.3 Å². The third-order valence-electron chi connectivity index (χ3n) is 8.41. The molecule has 3 N–H and O–H groups in total. The van der Waals surface area contributed by atoms with E-state index in [4.69, 9.17) is 4.74 Å². The molecule has 0 aromatic heterocycles. The maximum Gasteiger partial charge on any atom is 0.409 e. The lowest BCUT2D eigenvalue weighted by Gasteiger charge is -2.24. The van der Waals surface area contributed by atoms with Crippen LogP contribution in [0.25, 0.3) is 0 Å². The summed E-state index contributed by atoms with van der Waals surface area (Å²) in [6.45, 7) is 16.6. The number of carbonyl (C=O) groups is 2. The van der Waals surface area contributed by atoms with Crippen molar-refractivity contribution >= 4 is 24.1 Å². The smallest absolute Gasteiger partial charge is 0.409 e. The van der Waals surface area contributed by atoms with Gasteiger partial charge in [0.05, 0.1) is 0 Å². The second-order valence-electron chi connectivity index (χ2n) is 12.8. The van der Waals surface area contributed by atoms with Gasteiger partial charge in [-0.1, -0.05) is 142 Å². The first kappa shape index (κ1) is 43.8. The zero-order chi connectivity index (χ0) is 33.2. The Bertz CT molecular complexity index is 656. The molecule has 0 rings (SSSR count). The maximum atomic E-state index is 12.9. The fourth-order valence-corrected chi connectivity index (χ4v) is 6.06. The van der Waals surface area contributed by atoms with E-state index < -0.39 is 0 Å². The molecule has 0 spiro atoms. The van der Waals surface area contributed by atoms with Crippen molar-refractivity contribution in [3.63, 3.8) is 0 Å². The van der Waals surface area contributed by atoms with Gasteiger partial charge in [0, 0.05) is 51.1 Å². The van der Waals surface area contributed by atoms with Crippen molar-refractivity contribution in [1.29, 1.82) is 0 Å². The number of ether oxygens (including phenoxy) is 1. The van der Waals surface area contributed by atoms with Crippen LogP contribution in [0.4, 0.5) is 9.59 Å². The van der Waals surface area contributed by atoms with E-state index in [0.717, 1.165) is 44.8 Å². The van der Waals surface area contributed by atoms with Crippen molar-refractivity contribution in [1.82, 2.24) is 25.2 Å². The normalized spacial score (nSPS) is 11.4. The Labute approximate surface area is 283 Å². The number of likely N-dealkylation sites (N-methyl/N-ethyl adjacent to an activating group) is 1. The molecule has 0 fully saturated rings. The second-order valence-corrected chi connectivity index (χ2v) is 13.7. The lowest BCUT2D eigenvalue weighted by molar-refractivity contribution is 0.103. The fraction of sp³-hybridized carbons (Fsp3) is 0.944. The summed E-state index contributed by atoms with van der Waals surface area (Å²) in [6.07, 6.45) is 24.4. The van der Waals surface area contributed by atoms with Gasteiger partial charge < -0.3 is 20.3 Å². The molecule has 0 atom stereocenters. The summed E-state index contributed by atoms with van der Waals surface area (Å²) in [5.74, 6) is 0.748. The van der Waals surface area contributed by atoms with Crippen LogP contribution < -0.4 is 15.4 Å². The molecule has 0 aromatic carbocycles. The summed E-state index contributed by atoms with van der Waals surface area (Å²) in [5, 5.41) is 5.82. The molecule has 9 heteroatoms. The van der Waals surface area contributed by atoms with Crippen molar-refractivity contribution in [3.05, 3.63) is 0 Å². The number of hydrogen-bond acceptors (Lipinski definition) is 6. The molecule has 0 bridgehead atoms. The van der Waals surface area contributed by atoms with Gasteiger partial charge in [-0.2, -0.15) is 0 Å². The van der Waals surface area contributed by atoms with E-state index in [1.807, 2.05) is 4.90 Å². The summed E-state index contributed by atoms with van der Waals surface area (Å²) in [7, 11) is 0. The summed E-state index contributed by atoms with van der Waals surface area (Å²) in [6, 6.07) is 0.354. The monoisotopic (exact) mass is 658 g/mol. The lowest BCUT2D eigenvalue weighted by Crippen LogP contribution is -2.42. The molecule has 0 radical (unpaired) electrons. The average molecular weight is 658 g/mol. The first-order valence-electron chi connectivity index (χ1n) is 19.0. The van der Waals surface area contributed by atoms with Crippen molar-refractivity contribution in [3.8, 4) is 0 Å². The molecule has 45 heavy (non-hydrogen) atoms. The zero-order valence-electron chi connectivity index (χ0n) is 30.4. The Morgan fingerprint density at radius 1 is 0.622 bits per heavy atom. The van der Waals surface area contributed by atoms with E-state index in [-0.39, 0.29) is 12.1 Å². The Kier molecular flexibility index (Phi) is 33.2. The Morgan fingerprint density at radius 2 is 1.09 bits per heavy atom. The van der Waals surface area contributed by atoms with Crippen LogP contribution in [0.15, 0.2) is 0 Å². The molecule has 0 aliphatic carbocycles.